The summed E-state index contributed by atoms with van der Waals surface area (Å²) in [6, 6.07) is 8.62. The van der Waals surface area contributed by atoms with Crippen molar-refractivity contribution in [3.05, 3.63) is 54.0 Å². The van der Waals surface area contributed by atoms with Gasteiger partial charge in [-0.1, -0.05) is 18.2 Å². The van der Waals surface area contributed by atoms with Gasteiger partial charge in [-0.25, -0.2) is 0 Å². The fraction of sp³-hybridized carbons (Fsp3) is 0.353. The van der Waals surface area contributed by atoms with Crippen molar-refractivity contribution < 1.29 is 0 Å². The summed E-state index contributed by atoms with van der Waals surface area (Å²) in [6.07, 6.45) is 9.62. The van der Waals surface area contributed by atoms with Crippen LogP contribution < -0.4 is 5.73 Å². The Hall–Kier alpha value is -2.07. The summed E-state index contributed by atoms with van der Waals surface area (Å²) >= 11 is 0. The number of hydrogen-bond donors (Lipinski definition) is 1. The van der Waals surface area contributed by atoms with Crippen molar-refractivity contribution >= 4 is 10.9 Å². The van der Waals surface area contributed by atoms with Gasteiger partial charge in [-0.15, -0.1) is 0 Å². The fourth-order valence-corrected chi connectivity index (χ4v) is 2.86. The van der Waals surface area contributed by atoms with E-state index >= 15 is 0 Å². The number of aryl methyl sites for hydroxylation is 2. The molecule has 0 aliphatic heterocycles. The molecule has 0 atom stereocenters. The number of nitrogens with zero attached hydrogens (tertiary/aromatic N) is 3. The van der Waals surface area contributed by atoms with Crippen molar-refractivity contribution in [1.82, 2.24) is 14.3 Å². The van der Waals surface area contributed by atoms with Gasteiger partial charge in [0.2, 0.25) is 0 Å². The highest BCUT2D eigenvalue weighted by Gasteiger charge is 2.08. The highest BCUT2D eigenvalue weighted by atomic mass is 15.2. The van der Waals surface area contributed by atoms with Crippen molar-refractivity contribution in [1.29, 1.82) is 0 Å². The molecule has 3 aromatic rings. The second-order valence-electron chi connectivity index (χ2n) is 5.57. The van der Waals surface area contributed by atoms with Gasteiger partial charge in [0.05, 0.1) is 12.7 Å². The van der Waals surface area contributed by atoms with Crippen LogP contribution >= 0.6 is 0 Å². The molecule has 0 saturated carbocycles. The molecule has 0 unspecified atom stereocenters. The van der Waals surface area contributed by atoms with Gasteiger partial charge in [0.25, 0.3) is 0 Å². The number of aromatic nitrogens is 3. The van der Waals surface area contributed by atoms with Crippen molar-refractivity contribution in [2.24, 2.45) is 12.8 Å². The van der Waals surface area contributed by atoms with Gasteiger partial charge < -0.3 is 10.3 Å². The van der Waals surface area contributed by atoms with Crippen LogP contribution in [0.4, 0.5) is 0 Å². The first-order valence-corrected chi connectivity index (χ1v) is 7.52. The van der Waals surface area contributed by atoms with Gasteiger partial charge >= 0.3 is 0 Å². The minimum absolute atomic E-state index is 0.772. The molecule has 0 aliphatic carbocycles. The molecule has 0 amide bonds. The molecule has 1 aromatic carbocycles. The van der Waals surface area contributed by atoms with Gasteiger partial charge in [0.15, 0.2) is 0 Å². The number of nitrogens with two attached hydrogens (primary N) is 1. The summed E-state index contributed by atoms with van der Waals surface area (Å²) in [5.41, 5.74) is 9.54. The number of unbranched alkanes of at least 4 members (excludes halogenated alkanes) is 1. The van der Waals surface area contributed by atoms with E-state index in [4.69, 9.17) is 5.73 Å². The molecule has 0 saturated heterocycles. The molecule has 0 fully saturated rings. The van der Waals surface area contributed by atoms with Crippen molar-refractivity contribution in [2.75, 3.05) is 6.54 Å². The third-order valence-electron chi connectivity index (χ3n) is 3.88. The monoisotopic (exact) mass is 282 g/mol. The maximum Gasteiger partial charge on any atom is 0.0539 e. The van der Waals surface area contributed by atoms with Crippen molar-refractivity contribution in [2.45, 2.75) is 25.8 Å². The molecule has 21 heavy (non-hydrogen) atoms. The molecule has 0 bridgehead atoms. The van der Waals surface area contributed by atoms with E-state index in [-0.39, 0.29) is 0 Å². The van der Waals surface area contributed by atoms with Crippen molar-refractivity contribution in [3.8, 4) is 0 Å². The van der Waals surface area contributed by atoms with Crippen LogP contribution in [0.2, 0.25) is 0 Å². The average molecular weight is 282 g/mol. The number of hydrogen-bond acceptors (Lipinski definition) is 2. The zero-order valence-electron chi connectivity index (χ0n) is 12.5. The van der Waals surface area contributed by atoms with Crippen LogP contribution in [-0.4, -0.2) is 20.9 Å². The van der Waals surface area contributed by atoms with Crippen LogP contribution in [0.15, 0.2) is 42.9 Å². The van der Waals surface area contributed by atoms with E-state index in [0.29, 0.717) is 0 Å². The third kappa shape index (κ3) is 3.00. The Bertz CT molecular complexity index is 723. The summed E-state index contributed by atoms with van der Waals surface area (Å²) < 4.78 is 4.17. The number of fused-ring (bicyclic) bond motifs is 1. The molecule has 2 N–H and O–H groups in total. The van der Waals surface area contributed by atoms with Gasteiger partial charge in [-0.05, 0) is 37.4 Å². The Morgan fingerprint density at radius 3 is 2.76 bits per heavy atom. The van der Waals surface area contributed by atoms with Crippen LogP contribution in [-0.2, 0) is 20.0 Å². The van der Waals surface area contributed by atoms with E-state index in [9.17, 15) is 0 Å². The predicted molar refractivity (Wildman–Crippen MR) is 86.2 cm³/mol. The minimum Gasteiger partial charge on any atom is -0.343 e. The lowest BCUT2D eigenvalue weighted by Gasteiger charge is -2.02. The van der Waals surface area contributed by atoms with E-state index in [0.717, 1.165) is 32.4 Å². The molecule has 0 aliphatic rings. The quantitative estimate of drug-likeness (QED) is 0.707. The highest BCUT2D eigenvalue weighted by molar-refractivity contribution is 5.84. The van der Waals surface area contributed by atoms with Crippen LogP contribution in [0.1, 0.15) is 24.0 Å². The first kappa shape index (κ1) is 13.9. The number of benzene rings is 1. The molecule has 2 heterocycles. The normalized spacial score (nSPS) is 11.3. The lowest BCUT2D eigenvalue weighted by molar-refractivity contribution is 0.741. The maximum absolute atomic E-state index is 5.60. The Labute approximate surface area is 125 Å². The molecule has 0 spiro atoms. The molecule has 110 valence electrons. The molecule has 4 nitrogen and oxygen atoms in total. The Balaban J connectivity index is 1.90. The van der Waals surface area contributed by atoms with Gasteiger partial charge in [-0.2, -0.15) is 5.10 Å². The van der Waals surface area contributed by atoms with Crippen molar-refractivity contribution in [3.63, 3.8) is 0 Å². The van der Waals surface area contributed by atoms with E-state index in [2.05, 4.69) is 46.3 Å². The summed E-state index contributed by atoms with van der Waals surface area (Å²) in [5.74, 6) is 0. The summed E-state index contributed by atoms with van der Waals surface area (Å²) in [5, 5.41) is 5.61. The van der Waals surface area contributed by atoms with E-state index in [1.54, 1.807) is 0 Å². The van der Waals surface area contributed by atoms with E-state index in [1.807, 2.05) is 17.9 Å². The number of para-hydroxylation sites is 1. The van der Waals surface area contributed by atoms with Gasteiger partial charge in [-0.3, -0.25) is 4.68 Å². The zero-order valence-corrected chi connectivity index (χ0v) is 12.5. The summed E-state index contributed by atoms with van der Waals surface area (Å²) in [7, 11) is 1.95. The molecule has 4 heteroatoms. The molecular weight excluding hydrogens is 260 g/mol. The van der Waals surface area contributed by atoms with Crippen LogP contribution in [0.5, 0.6) is 0 Å². The first-order valence-electron chi connectivity index (χ1n) is 7.52. The zero-order chi connectivity index (χ0) is 14.7. The first-order chi connectivity index (χ1) is 10.3. The lowest BCUT2D eigenvalue weighted by Crippen LogP contribution is -1.99. The second kappa shape index (κ2) is 6.14. The van der Waals surface area contributed by atoms with Crippen LogP contribution in [0.25, 0.3) is 10.9 Å². The Kier molecular flexibility index (Phi) is 4.06. The van der Waals surface area contributed by atoms with Crippen LogP contribution in [0, 0.1) is 0 Å². The number of rotatable bonds is 6. The minimum atomic E-state index is 0.772. The summed E-state index contributed by atoms with van der Waals surface area (Å²) in [4.78, 5) is 0. The average Bonchev–Trinajstić information content (AvgIpc) is 3.05. The predicted octanol–water partition coefficient (Wildman–Crippen LogP) is 2.70. The highest BCUT2D eigenvalue weighted by Crippen LogP contribution is 2.23. The topological polar surface area (TPSA) is 48.8 Å². The van der Waals surface area contributed by atoms with E-state index < -0.39 is 0 Å². The van der Waals surface area contributed by atoms with Gasteiger partial charge in [0.1, 0.15) is 0 Å². The second-order valence-corrected chi connectivity index (χ2v) is 5.57. The standard InChI is InChI=1S/C17H22N4/c1-20-11-14(10-19-20)12-21-13-15(6-4-5-9-18)16-7-2-3-8-17(16)21/h2-3,7-8,10-11,13H,4-6,9,12,18H2,1H3. The van der Waals surface area contributed by atoms with Crippen LogP contribution in [0.3, 0.4) is 0 Å². The Morgan fingerprint density at radius 1 is 1.14 bits per heavy atom. The van der Waals surface area contributed by atoms with E-state index in [1.165, 1.54) is 22.0 Å². The van der Waals surface area contributed by atoms with Gasteiger partial charge in [0, 0.05) is 35.9 Å². The fourth-order valence-electron chi connectivity index (χ4n) is 2.86. The molecule has 2 aromatic heterocycles. The third-order valence-corrected chi connectivity index (χ3v) is 3.88. The molecule has 3 rings (SSSR count). The summed E-state index contributed by atoms with van der Waals surface area (Å²) in [6.45, 7) is 1.64. The maximum atomic E-state index is 5.60. The largest absolute Gasteiger partial charge is 0.343 e. The smallest absolute Gasteiger partial charge is 0.0539 e. The molecular formula is C17H22N4. The lowest BCUT2D eigenvalue weighted by atomic mass is 10.1. The molecule has 0 radical (unpaired) electrons. The Morgan fingerprint density at radius 2 is 2.00 bits per heavy atom. The SMILES string of the molecule is Cn1cc(Cn2cc(CCCCN)c3ccccc32)cn1.